The molecule has 1 aromatic heterocycles. The van der Waals surface area contributed by atoms with Crippen LogP contribution in [0.15, 0.2) is 10.8 Å². The van der Waals surface area contributed by atoms with Crippen LogP contribution in [0.2, 0.25) is 0 Å². The van der Waals surface area contributed by atoms with Crippen molar-refractivity contribution in [1.82, 2.24) is 4.98 Å². The summed E-state index contributed by atoms with van der Waals surface area (Å²) in [6.07, 6.45) is 7.97. The molecule has 3 heteroatoms. The van der Waals surface area contributed by atoms with Crippen LogP contribution in [0.3, 0.4) is 0 Å². The minimum atomic E-state index is 0.475. The van der Waals surface area contributed by atoms with E-state index in [1.807, 2.05) is 0 Å². The Morgan fingerprint density at radius 3 is 2.85 bits per heavy atom. The quantitative estimate of drug-likeness (QED) is 0.682. The molecule has 1 fully saturated rings. The number of hydrogen-bond donors (Lipinski definition) is 0. The molecule has 0 aromatic carbocycles. The zero-order chi connectivity index (χ0) is 9.10. The molecular formula is C10H14ClNO. The number of rotatable bonds is 2. The number of nitrogens with zero attached hydrogens (tertiary/aromatic N) is 1. The van der Waals surface area contributed by atoms with Crippen molar-refractivity contribution in [3.63, 3.8) is 0 Å². The van der Waals surface area contributed by atoms with Gasteiger partial charge in [0.25, 0.3) is 0 Å². The van der Waals surface area contributed by atoms with Crippen molar-refractivity contribution in [2.75, 3.05) is 0 Å². The normalized spacial score (nSPS) is 19.2. The van der Waals surface area contributed by atoms with Gasteiger partial charge in [0.1, 0.15) is 5.76 Å². The van der Waals surface area contributed by atoms with Crippen molar-refractivity contribution in [1.29, 1.82) is 0 Å². The SMILES string of the molecule is ClCc1ncoc1C1CCCCC1. The number of halogens is 1. The summed E-state index contributed by atoms with van der Waals surface area (Å²) in [6, 6.07) is 0. The van der Waals surface area contributed by atoms with Gasteiger partial charge < -0.3 is 4.42 Å². The highest BCUT2D eigenvalue weighted by atomic mass is 35.5. The van der Waals surface area contributed by atoms with E-state index in [-0.39, 0.29) is 0 Å². The van der Waals surface area contributed by atoms with E-state index in [0.717, 1.165) is 11.5 Å². The predicted octanol–water partition coefficient (Wildman–Crippen LogP) is 3.46. The van der Waals surface area contributed by atoms with Crippen LogP contribution in [0, 0.1) is 0 Å². The fraction of sp³-hybridized carbons (Fsp3) is 0.700. The van der Waals surface area contributed by atoms with E-state index in [9.17, 15) is 0 Å². The first kappa shape index (κ1) is 9.07. The smallest absolute Gasteiger partial charge is 0.181 e. The van der Waals surface area contributed by atoms with Gasteiger partial charge in [-0.1, -0.05) is 19.3 Å². The predicted molar refractivity (Wildman–Crippen MR) is 51.9 cm³/mol. The summed E-state index contributed by atoms with van der Waals surface area (Å²) in [5.41, 5.74) is 0.938. The molecule has 0 atom stereocenters. The Morgan fingerprint density at radius 1 is 1.38 bits per heavy atom. The van der Waals surface area contributed by atoms with Crippen molar-refractivity contribution in [2.24, 2.45) is 0 Å². The minimum Gasteiger partial charge on any atom is -0.448 e. The molecule has 2 rings (SSSR count). The number of alkyl halides is 1. The van der Waals surface area contributed by atoms with Gasteiger partial charge in [0.2, 0.25) is 0 Å². The average Bonchev–Trinajstić information content (AvgIpc) is 2.67. The summed E-state index contributed by atoms with van der Waals surface area (Å²) in [4.78, 5) is 4.11. The standard InChI is InChI=1S/C10H14ClNO/c11-6-9-10(13-7-12-9)8-4-2-1-3-5-8/h7-8H,1-6H2. The van der Waals surface area contributed by atoms with Crippen molar-refractivity contribution in [3.05, 3.63) is 17.8 Å². The highest BCUT2D eigenvalue weighted by Crippen LogP contribution is 2.34. The first-order valence-electron chi connectivity index (χ1n) is 4.90. The van der Waals surface area contributed by atoms with E-state index in [1.54, 1.807) is 0 Å². The second kappa shape index (κ2) is 4.14. The van der Waals surface area contributed by atoms with Gasteiger partial charge in [0, 0.05) is 5.92 Å². The summed E-state index contributed by atoms with van der Waals surface area (Å²) in [5.74, 6) is 2.09. The van der Waals surface area contributed by atoms with Crippen LogP contribution in [0.4, 0.5) is 0 Å². The molecule has 1 aliphatic carbocycles. The monoisotopic (exact) mass is 199 g/mol. The topological polar surface area (TPSA) is 26.0 Å². The molecule has 72 valence electrons. The molecular weight excluding hydrogens is 186 g/mol. The number of oxazole rings is 1. The molecule has 0 unspecified atom stereocenters. The van der Waals surface area contributed by atoms with Crippen LogP contribution in [-0.2, 0) is 5.88 Å². The molecule has 1 saturated carbocycles. The Morgan fingerprint density at radius 2 is 2.15 bits per heavy atom. The van der Waals surface area contributed by atoms with Crippen molar-refractivity contribution in [3.8, 4) is 0 Å². The molecule has 1 heterocycles. The first-order chi connectivity index (χ1) is 6.42. The summed E-state index contributed by atoms with van der Waals surface area (Å²) in [5, 5.41) is 0. The average molecular weight is 200 g/mol. The largest absolute Gasteiger partial charge is 0.448 e. The molecule has 0 spiro atoms. The van der Waals surface area contributed by atoms with Crippen molar-refractivity contribution in [2.45, 2.75) is 43.9 Å². The summed E-state index contributed by atoms with van der Waals surface area (Å²) < 4.78 is 5.40. The molecule has 0 radical (unpaired) electrons. The molecule has 1 aliphatic rings. The Labute approximate surface area is 83.3 Å². The highest BCUT2D eigenvalue weighted by Gasteiger charge is 2.21. The van der Waals surface area contributed by atoms with E-state index < -0.39 is 0 Å². The van der Waals surface area contributed by atoms with E-state index in [4.69, 9.17) is 16.0 Å². The Kier molecular flexibility index (Phi) is 2.89. The van der Waals surface area contributed by atoms with Gasteiger partial charge in [-0.3, -0.25) is 0 Å². The molecule has 0 aliphatic heterocycles. The van der Waals surface area contributed by atoms with Gasteiger partial charge in [0.05, 0.1) is 11.6 Å². The van der Waals surface area contributed by atoms with Gasteiger partial charge in [0.15, 0.2) is 6.39 Å². The summed E-state index contributed by atoms with van der Waals surface area (Å²) in [7, 11) is 0. The Balaban J connectivity index is 2.13. The molecule has 1 aromatic rings. The lowest BCUT2D eigenvalue weighted by atomic mass is 9.87. The van der Waals surface area contributed by atoms with Gasteiger partial charge in [-0.05, 0) is 12.8 Å². The summed E-state index contributed by atoms with van der Waals surface area (Å²) >= 11 is 5.77. The number of hydrogen-bond acceptors (Lipinski definition) is 2. The lowest BCUT2D eigenvalue weighted by molar-refractivity contribution is 0.372. The van der Waals surface area contributed by atoms with E-state index >= 15 is 0 Å². The van der Waals surface area contributed by atoms with E-state index in [1.165, 1.54) is 38.5 Å². The van der Waals surface area contributed by atoms with Crippen LogP contribution in [-0.4, -0.2) is 4.98 Å². The molecule has 0 N–H and O–H groups in total. The Hall–Kier alpha value is -0.500. The third-order valence-corrected chi connectivity index (χ3v) is 3.03. The third-order valence-electron chi connectivity index (χ3n) is 2.78. The van der Waals surface area contributed by atoms with Crippen LogP contribution in [0.1, 0.15) is 49.5 Å². The van der Waals surface area contributed by atoms with Crippen molar-refractivity contribution >= 4 is 11.6 Å². The fourth-order valence-electron chi connectivity index (χ4n) is 2.08. The lowest BCUT2D eigenvalue weighted by Gasteiger charge is -2.19. The minimum absolute atomic E-state index is 0.475. The third kappa shape index (κ3) is 1.88. The van der Waals surface area contributed by atoms with Crippen molar-refractivity contribution < 1.29 is 4.42 Å². The molecule has 2 nitrogen and oxygen atoms in total. The molecule has 0 bridgehead atoms. The maximum absolute atomic E-state index is 5.77. The molecule has 13 heavy (non-hydrogen) atoms. The maximum atomic E-state index is 5.77. The Bertz CT molecular complexity index is 266. The summed E-state index contributed by atoms with van der Waals surface area (Å²) in [6.45, 7) is 0. The zero-order valence-electron chi connectivity index (χ0n) is 7.63. The van der Waals surface area contributed by atoms with Gasteiger partial charge >= 0.3 is 0 Å². The number of aromatic nitrogens is 1. The van der Waals surface area contributed by atoms with Crippen LogP contribution >= 0.6 is 11.6 Å². The lowest BCUT2D eigenvalue weighted by Crippen LogP contribution is -2.05. The van der Waals surface area contributed by atoms with E-state index in [0.29, 0.717) is 11.8 Å². The fourth-order valence-corrected chi connectivity index (χ4v) is 2.28. The van der Waals surface area contributed by atoms with E-state index in [2.05, 4.69) is 4.98 Å². The van der Waals surface area contributed by atoms with Gasteiger partial charge in [-0.15, -0.1) is 11.6 Å². The second-order valence-corrected chi connectivity index (χ2v) is 3.90. The second-order valence-electron chi connectivity index (χ2n) is 3.63. The van der Waals surface area contributed by atoms with Crippen LogP contribution < -0.4 is 0 Å². The van der Waals surface area contributed by atoms with Gasteiger partial charge in [-0.2, -0.15) is 0 Å². The zero-order valence-corrected chi connectivity index (χ0v) is 8.39. The molecule has 0 amide bonds. The molecule has 0 saturated heterocycles. The van der Waals surface area contributed by atoms with Gasteiger partial charge in [-0.25, -0.2) is 4.98 Å². The first-order valence-corrected chi connectivity index (χ1v) is 5.43. The highest BCUT2D eigenvalue weighted by molar-refractivity contribution is 6.16. The van der Waals surface area contributed by atoms with Crippen LogP contribution in [0.25, 0.3) is 0 Å². The van der Waals surface area contributed by atoms with Crippen LogP contribution in [0.5, 0.6) is 0 Å². The maximum Gasteiger partial charge on any atom is 0.181 e.